The normalized spacial score (nSPS) is 17.7. The van der Waals surface area contributed by atoms with Crippen LogP contribution in [0.15, 0.2) is 47.5 Å². The molecule has 4 aromatic rings. The molecular weight excluding hydrogens is 471 g/mol. The van der Waals surface area contributed by atoms with Crippen LogP contribution in [0.3, 0.4) is 0 Å². The molecule has 1 aliphatic rings. The van der Waals surface area contributed by atoms with Crippen molar-refractivity contribution < 1.29 is 9.18 Å². The molecule has 5 rings (SSSR count). The second kappa shape index (κ2) is 9.21. The minimum Gasteiger partial charge on any atom is -0.339 e. The van der Waals surface area contributed by atoms with E-state index in [-0.39, 0.29) is 45.7 Å². The third-order valence-electron chi connectivity index (χ3n) is 7.00. The topological polar surface area (TPSA) is 96.2 Å². The van der Waals surface area contributed by atoms with E-state index < -0.39 is 6.67 Å². The van der Waals surface area contributed by atoms with Gasteiger partial charge in [-0.1, -0.05) is 45.0 Å². The average Bonchev–Trinajstić information content (AvgIpc) is 3.23. The lowest BCUT2D eigenvalue weighted by Crippen LogP contribution is -2.58. The van der Waals surface area contributed by atoms with Gasteiger partial charge < -0.3 is 9.88 Å². The van der Waals surface area contributed by atoms with Crippen LogP contribution in [0.1, 0.15) is 49.3 Å². The Morgan fingerprint density at radius 1 is 1.14 bits per heavy atom. The van der Waals surface area contributed by atoms with Crippen LogP contribution in [0.4, 0.5) is 4.39 Å². The maximum absolute atomic E-state index is 13.8. The molecule has 1 aliphatic heterocycles. The molecule has 0 saturated carbocycles. The van der Waals surface area contributed by atoms with Gasteiger partial charge in [-0.2, -0.15) is 9.61 Å². The third kappa shape index (κ3) is 4.54. The molecule has 9 heteroatoms. The van der Waals surface area contributed by atoms with Crippen LogP contribution in [0.2, 0.25) is 0 Å². The molecule has 8 nitrogen and oxygen atoms in total. The van der Waals surface area contributed by atoms with Gasteiger partial charge in [-0.3, -0.25) is 23.9 Å². The molecule has 1 saturated heterocycles. The van der Waals surface area contributed by atoms with Gasteiger partial charge >= 0.3 is 0 Å². The molecule has 0 bridgehead atoms. The smallest absolute Gasteiger partial charge is 0.274 e. The number of H-pyrrole nitrogens is 1. The van der Waals surface area contributed by atoms with Crippen molar-refractivity contribution in [1.29, 1.82) is 0 Å². The fourth-order valence-corrected chi connectivity index (χ4v) is 4.90. The summed E-state index contributed by atoms with van der Waals surface area (Å²) in [6, 6.07) is 9.27. The van der Waals surface area contributed by atoms with Gasteiger partial charge in [0.2, 0.25) is 0 Å². The Bertz CT molecular complexity index is 1530. The molecule has 1 amide bonds. The summed E-state index contributed by atoms with van der Waals surface area (Å²) in [6.45, 7) is 10.0. The first-order chi connectivity index (χ1) is 17.6. The number of aryl methyl sites for hydroxylation is 1. The summed E-state index contributed by atoms with van der Waals surface area (Å²) in [6.07, 6.45) is 4.02. The molecule has 2 unspecified atom stereocenters. The number of carbonyl (C=O) groups is 1. The van der Waals surface area contributed by atoms with Crippen LogP contribution in [-0.4, -0.2) is 54.6 Å². The van der Waals surface area contributed by atoms with Gasteiger partial charge in [-0.05, 0) is 36.8 Å². The van der Waals surface area contributed by atoms with Crippen molar-refractivity contribution >= 4 is 11.6 Å². The van der Waals surface area contributed by atoms with Crippen molar-refractivity contribution in [3.63, 3.8) is 0 Å². The number of likely N-dealkylation sites (tertiary alicyclic amines) is 1. The molecule has 0 radical (unpaired) electrons. The minimum absolute atomic E-state index is 0.158. The predicted molar refractivity (Wildman–Crippen MR) is 140 cm³/mol. The van der Waals surface area contributed by atoms with Gasteiger partial charge in [0, 0.05) is 37.0 Å². The molecule has 1 N–H and O–H groups in total. The average molecular weight is 503 g/mol. The number of nitrogens with zero attached hydrogens (tertiary/aromatic N) is 5. The Labute approximate surface area is 214 Å². The lowest BCUT2D eigenvalue weighted by atomic mass is 9.88. The van der Waals surface area contributed by atoms with E-state index >= 15 is 0 Å². The van der Waals surface area contributed by atoms with E-state index in [1.807, 2.05) is 19.1 Å². The van der Waals surface area contributed by atoms with E-state index in [1.165, 1.54) is 22.3 Å². The summed E-state index contributed by atoms with van der Waals surface area (Å²) in [7, 11) is 0. The highest BCUT2D eigenvalue weighted by molar-refractivity contribution is 6.06. The van der Waals surface area contributed by atoms with Crippen molar-refractivity contribution in [2.45, 2.75) is 47.1 Å². The highest BCUT2D eigenvalue weighted by Gasteiger charge is 2.41. The van der Waals surface area contributed by atoms with E-state index in [9.17, 15) is 14.0 Å². The Kier molecular flexibility index (Phi) is 6.17. The molecule has 1 fully saturated rings. The molecule has 192 valence electrons. The minimum atomic E-state index is -0.484. The number of benzene rings is 1. The predicted octanol–water partition coefficient (Wildman–Crippen LogP) is 4.47. The van der Waals surface area contributed by atoms with Gasteiger partial charge in [0.05, 0.1) is 18.1 Å². The maximum Gasteiger partial charge on any atom is 0.274 e. The number of hydrogen-bond donors (Lipinski definition) is 1. The molecule has 1 aromatic carbocycles. The summed E-state index contributed by atoms with van der Waals surface area (Å²) in [5, 5.41) is 4.51. The van der Waals surface area contributed by atoms with Gasteiger partial charge in [-0.15, -0.1) is 0 Å². The Balaban J connectivity index is 1.65. The Morgan fingerprint density at radius 3 is 2.46 bits per heavy atom. The first kappa shape index (κ1) is 24.8. The third-order valence-corrected chi connectivity index (χ3v) is 7.00. The van der Waals surface area contributed by atoms with Crippen LogP contribution in [-0.2, 0) is 6.42 Å². The van der Waals surface area contributed by atoms with Crippen molar-refractivity contribution in [3.8, 4) is 22.6 Å². The maximum atomic E-state index is 13.8. The number of amides is 1. The van der Waals surface area contributed by atoms with E-state index in [2.05, 4.69) is 53.0 Å². The standard InChI is InChI=1S/C28H31FN6O2/c1-16-24(31-11-10-30-16)25-23(27(37)34-15-20(14-29)17(34)2)26-32-21(12-22(36)35(26)33-25)19-8-6-18(7-9-19)13-28(3,4)5/h6-12,17,20,32H,13-15H2,1-5H3. The fraction of sp³-hybridized carbons (Fsp3) is 0.393. The molecule has 3 aromatic heterocycles. The van der Waals surface area contributed by atoms with Crippen LogP contribution in [0, 0.1) is 18.3 Å². The number of rotatable bonds is 5. The zero-order valence-electron chi connectivity index (χ0n) is 21.7. The first-order valence-electron chi connectivity index (χ1n) is 12.5. The second-order valence-electron chi connectivity index (χ2n) is 11.0. The number of hydrogen-bond acceptors (Lipinski definition) is 5. The number of aromatic amines is 1. The van der Waals surface area contributed by atoms with Crippen LogP contribution >= 0.6 is 0 Å². The van der Waals surface area contributed by atoms with E-state index in [4.69, 9.17) is 0 Å². The zero-order valence-corrected chi connectivity index (χ0v) is 21.7. The number of nitrogens with one attached hydrogen (secondary N) is 1. The summed E-state index contributed by atoms with van der Waals surface area (Å²) in [5.74, 6) is -0.519. The van der Waals surface area contributed by atoms with E-state index in [0.29, 0.717) is 23.6 Å². The molecule has 0 aliphatic carbocycles. The number of aromatic nitrogens is 5. The van der Waals surface area contributed by atoms with E-state index in [0.717, 1.165) is 12.0 Å². The highest BCUT2D eigenvalue weighted by atomic mass is 19.1. The SMILES string of the molecule is Cc1nccnc1-c1nn2c(=O)cc(-c3ccc(CC(C)(C)C)cc3)[nH]c2c1C(=O)N1CC(CF)C1C. The van der Waals surface area contributed by atoms with Crippen LogP contribution in [0.5, 0.6) is 0 Å². The Hall–Kier alpha value is -3.88. The molecule has 37 heavy (non-hydrogen) atoms. The van der Waals surface area contributed by atoms with Crippen molar-refractivity contribution in [2.75, 3.05) is 13.2 Å². The van der Waals surface area contributed by atoms with Gasteiger partial charge in [0.15, 0.2) is 5.65 Å². The summed E-state index contributed by atoms with van der Waals surface area (Å²) >= 11 is 0. The van der Waals surface area contributed by atoms with Gasteiger partial charge in [0.25, 0.3) is 11.5 Å². The summed E-state index contributed by atoms with van der Waals surface area (Å²) in [4.78, 5) is 40.6. The van der Waals surface area contributed by atoms with E-state index in [1.54, 1.807) is 18.0 Å². The monoisotopic (exact) mass is 502 g/mol. The van der Waals surface area contributed by atoms with Gasteiger partial charge in [-0.25, -0.2) is 0 Å². The number of fused-ring (bicyclic) bond motifs is 1. The van der Waals surface area contributed by atoms with Crippen LogP contribution < -0.4 is 5.56 Å². The summed E-state index contributed by atoms with van der Waals surface area (Å²) < 4.78 is 14.5. The molecule has 4 heterocycles. The Morgan fingerprint density at radius 2 is 1.84 bits per heavy atom. The summed E-state index contributed by atoms with van der Waals surface area (Å²) in [5.41, 5.74) is 4.18. The number of halogens is 1. The van der Waals surface area contributed by atoms with Crippen molar-refractivity contribution in [1.82, 2.24) is 29.5 Å². The van der Waals surface area contributed by atoms with Crippen molar-refractivity contribution in [2.24, 2.45) is 11.3 Å². The second-order valence-corrected chi connectivity index (χ2v) is 11.0. The zero-order chi connectivity index (χ0) is 26.5. The number of alkyl halides is 1. The molecule has 2 atom stereocenters. The largest absolute Gasteiger partial charge is 0.339 e. The molecular formula is C28H31FN6O2. The number of carbonyl (C=O) groups excluding carboxylic acids is 1. The van der Waals surface area contributed by atoms with Crippen LogP contribution in [0.25, 0.3) is 28.3 Å². The van der Waals surface area contributed by atoms with Crippen molar-refractivity contribution in [3.05, 3.63) is 69.9 Å². The lowest BCUT2D eigenvalue weighted by Gasteiger charge is -2.45. The molecule has 0 spiro atoms. The fourth-order valence-electron chi connectivity index (χ4n) is 4.90. The quantitative estimate of drug-likeness (QED) is 0.434. The first-order valence-corrected chi connectivity index (χ1v) is 12.5. The van der Waals surface area contributed by atoms with Gasteiger partial charge in [0.1, 0.15) is 17.0 Å². The lowest BCUT2D eigenvalue weighted by molar-refractivity contribution is 0.0142. The highest BCUT2D eigenvalue weighted by Crippen LogP contribution is 2.33.